The summed E-state index contributed by atoms with van der Waals surface area (Å²) in [4.78, 5) is 0. The van der Waals surface area contributed by atoms with E-state index in [1.165, 1.54) is 43.3 Å². The first kappa shape index (κ1) is 15.8. The van der Waals surface area contributed by atoms with Gasteiger partial charge in [0.1, 0.15) is 0 Å². The molecule has 3 aliphatic carbocycles. The van der Waals surface area contributed by atoms with Crippen LogP contribution in [0.3, 0.4) is 0 Å². The van der Waals surface area contributed by atoms with E-state index in [-0.39, 0.29) is 5.41 Å². The summed E-state index contributed by atoms with van der Waals surface area (Å²) in [6.07, 6.45) is 20.2. The van der Waals surface area contributed by atoms with Crippen molar-refractivity contribution in [3.8, 4) is 0 Å². The van der Waals surface area contributed by atoms with Gasteiger partial charge in [-0.2, -0.15) is 0 Å². The molecule has 2 atom stereocenters. The van der Waals surface area contributed by atoms with Crippen LogP contribution in [0, 0.1) is 5.41 Å². The molecular formula is C20H28O2. The third kappa shape index (κ3) is 3.00. The van der Waals surface area contributed by atoms with Crippen molar-refractivity contribution in [2.24, 2.45) is 5.41 Å². The molecular weight excluding hydrogens is 272 g/mol. The van der Waals surface area contributed by atoms with Crippen LogP contribution in [0.2, 0.25) is 0 Å². The zero-order valence-corrected chi connectivity index (χ0v) is 13.8. The van der Waals surface area contributed by atoms with Gasteiger partial charge in [0.2, 0.25) is 0 Å². The van der Waals surface area contributed by atoms with E-state index in [0.717, 1.165) is 0 Å². The molecule has 2 heteroatoms. The van der Waals surface area contributed by atoms with E-state index in [2.05, 4.69) is 24.3 Å². The van der Waals surface area contributed by atoms with Gasteiger partial charge in [-0.1, -0.05) is 55.7 Å². The smallest absolute Gasteiger partial charge is 0.0837 e. The van der Waals surface area contributed by atoms with E-state index < -0.39 is 11.2 Å². The van der Waals surface area contributed by atoms with Crippen LogP contribution in [0.25, 0.3) is 0 Å². The molecule has 0 saturated heterocycles. The van der Waals surface area contributed by atoms with Gasteiger partial charge >= 0.3 is 0 Å². The average molecular weight is 300 g/mol. The molecule has 1 saturated carbocycles. The highest BCUT2D eigenvalue weighted by molar-refractivity contribution is 5.46. The summed E-state index contributed by atoms with van der Waals surface area (Å²) in [5.41, 5.74) is 1.38. The minimum Gasteiger partial charge on any atom is -0.386 e. The second-order valence-corrected chi connectivity index (χ2v) is 7.75. The van der Waals surface area contributed by atoms with Gasteiger partial charge in [0.05, 0.1) is 11.2 Å². The lowest BCUT2D eigenvalue weighted by atomic mass is 9.62. The van der Waals surface area contributed by atoms with Crippen LogP contribution in [-0.4, -0.2) is 21.4 Å². The summed E-state index contributed by atoms with van der Waals surface area (Å²) in [7, 11) is 0. The van der Waals surface area contributed by atoms with Crippen LogP contribution in [0.4, 0.5) is 0 Å². The molecule has 0 bridgehead atoms. The third-order valence-corrected chi connectivity index (χ3v) is 5.53. The number of hydrogen-bond acceptors (Lipinski definition) is 2. The molecule has 0 spiro atoms. The lowest BCUT2D eigenvalue weighted by molar-refractivity contribution is 0.111. The molecule has 0 aromatic heterocycles. The standard InChI is InChI=1S/C20H28O2/c1-18(21)12-6-16(7-13-18)20(10-4-3-5-11-20)17-8-14-19(2,22)15-9-17/h6-9,12,14,21-22H,3-5,10-11,13,15H2,1-2H3. The van der Waals surface area contributed by atoms with Gasteiger partial charge in [0.25, 0.3) is 0 Å². The molecule has 2 unspecified atom stereocenters. The average Bonchev–Trinajstić information content (AvgIpc) is 2.47. The Hall–Kier alpha value is -1.12. The molecule has 120 valence electrons. The van der Waals surface area contributed by atoms with Gasteiger partial charge in [-0.05, 0) is 50.7 Å². The molecule has 0 aliphatic heterocycles. The topological polar surface area (TPSA) is 40.5 Å². The fourth-order valence-electron chi connectivity index (χ4n) is 4.05. The quantitative estimate of drug-likeness (QED) is 0.802. The summed E-state index contributed by atoms with van der Waals surface area (Å²) in [6, 6.07) is 0. The summed E-state index contributed by atoms with van der Waals surface area (Å²) >= 11 is 0. The monoisotopic (exact) mass is 300 g/mol. The largest absolute Gasteiger partial charge is 0.386 e. The predicted molar refractivity (Wildman–Crippen MR) is 90.4 cm³/mol. The normalized spacial score (nSPS) is 37.6. The van der Waals surface area contributed by atoms with Crippen LogP contribution in [0.15, 0.2) is 47.6 Å². The van der Waals surface area contributed by atoms with Crippen LogP contribution >= 0.6 is 0 Å². The molecule has 2 N–H and O–H groups in total. The Labute approximate surface area is 133 Å². The lowest BCUT2D eigenvalue weighted by Crippen LogP contribution is -2.33. The Balaban J connectivity index is 1.94. The van der Waals surface area contributed by atoms with Crippen molar-refractivity contribution in [3.63, 3.8) is 0 Å². The molecule has 0 heterocycles. The van der Waals surface area contributed by atoms with Crippen LogP contribution < -0.4 is 0 Å². The number of hydrogen-bond donors (Lipinski definition) is 2. The Morgan fingerprint density at radius 3 is 1.59 bits per heavy atom. The number of aliphatic hydroxyl groups is 2. The highest BCUT2D eigenvalue weighted by Crippen LogP contribution is 2.51. The van der Waals surface area contributed by atoms with Crippen molar-refractivity contribution in [1.82, 2.24) is 0 Å². The van der Waals surface area contributed by atoms with Gasteiger partial charge in [-0.25, -0.2) is 0 Å². The van der Waals surface area contributed by atoms with E-state index in [1.54, 1.807) is 0 Å². The molecule has 3 aliphatic rings. The van der Waals surface area contributed by atoms with E-state index >= 15 is 0 Å². The van der Waals surface area contributed by atoms with Crippen molar-refractivity contribution >= 4 is 0 Å². The molecule has 0 aromatic carbocycles. The molecule has 3 rings (SSSR count). The van der Waals surface area contributed by atoms with Crippen molar-refractivity contribution in [2.75, 3.05) is 0 Å². The van der Waals surface area contributed by atoms with Crippen molar-refractivity contribution in [3.05, 3.63) is 47.6 Å². The highest BCUT2D eigenvalue weighted by Gasteiger charge is 2.39. The summed E-state index contributed by atoms with van der Waals surface area (Å²) in [6.45, 7) is 3.72. The first-order valence-corrected chi connectivity index (χ1v) is 8.58. The SMILES string of the molecule is CC1(O)C=CC(C2(C3=CCC(C)(O)C=C3)CCCCC2)=CC1. The third-order valence-electron chi connectivity index (χ3n) is 5.53. The molecule has 0 amide bonds. The van der Waals surface area contributed by atoms with E-state index in [9.17, 15) is 10.2 Å². The zero-order valence-electron chi connectivity index (χ0n) is 13.8. The highest BCUT2D eigenvalue weighted by atomic mass is 16.3. The zero-order chi connectivity index (χ0) is 15.8. The van der Waals surface area contributed by atoms with E-state index in [1.807, 2.05) is 26.0 Å². The Bertz CT molecular complexity index is 508. The van der Waals surface area contributed by atoms with Crippen LogP contribution in [0.5, 0.6) is 0 Å². The van der Waals surface area contributed by atoms with Crippen LogP contribution in [-0.2, 0) is 0 Å². The van der Waals surface area contributed by atoms with Gasteiger partial charge in [0.15, 0.2) is 0 Å². The fraction of sp³-hybridized carbons (Fsp3) is 0.600. The van der Waals surface area contributed by atoms with Crippen LogP contribution in [0.1, 0.15) is 58.8 Å². The summed E-state index contributed by atoms with van der Waals surface area (Å²) in [5, 5.41) is 20.3. The Morgan fingerprint density at radius 2 is 1.23 bits per heavy atom. The fourth-order valence-corrected chi connectivity index (χ4v) is 4.05. The lowest BCUT2D eigenvalue weighted by Gasteiger charge is -2.43. The summed E-state index contributed by atoms with van der Waals surface area (Å²) < 4.78 is 0. The second-order valence-electron chi connectivity index (χ2n) is 7.75. The minimum atomic E-state index is -0.709. The van der Waals surface area contributed by atoms with Crippen molar-refractivity contribution in [2.45, 2.75) is 70.0 Å². The Kier molecular flexibility index (Phi) is 3.94. The molecule has 0 aromatic rings. The van der Waals surface area contributed by atoms with E-state index in [4.69, 9.17) is 0 Å². The van der Waals surface area contributed by atoms with Crippen molar-refractivity contribution in [1.29, 1.82) is 0 Å². The van der Waals surface area contributed by atoms with Crippen molar-refractivity contribution < 1.29 is 10.2 Å². The van der Waals surface area contributed by atoms with Gasteiger partial charge < -0.3 is 10.2 Å². The maximum absolute atomic E-state index is 10.2. The first-order valence-electron chi connectivity index (χ1n) is 8.58. The summed E-state index contributed by atoms with van der Waals surface area (Å²) in [5.74, 6) is 0. The van der Waals surface area contributed by atoms with Gasteiger partial charge in [-0.3, -0.25) is 0 Å². The molecule has 22 heavy (non-hydrogen) atoms. The maximum Gasteiger partial charge on any atom is 0.0837 e. The Morgan fingerprint density at radius 1 is 0.773 bits per heavy atom. The number of rotatable bonds is 2. The van der Waals surface area contributed by atoms with E-state index in [0.29, 0.717) is 12.8 Å². The second kappa shape index (κ2) is 5.50. The minimum absolute atomic E-state index is 0.0816. The first-order chi connectivity index (χ1) is 10.3. The van der Waals surface area contributed by atoms with Gasteiger partial charge in [0, 0.05) is 5.41 Å². The van der Waals surface area contributed by atoms with Gasteiger partial charge in [-0.15, -0.1) is 0 Å². The number of allylic oxidation sites excluding steroid dienone is 4. The maximum atomic E-state index is 10.2. The predicted octanol–water partition coefficient (Wildman–Crippen LogP) is 4.21. The molecule has 2 nitrogen and oxygen atoms in total. The molecule has 1 fully saturated rings. The molecule has 0 radical (unpaired) electrons.